The van der Waals surface area contributed by atoms with Gasteiger partial charge >= 0.3 is 0 Å². The first-order valence-electron chi connectivity index (χ1n) is 7.39. The molecule has 0 unspecified atom stereocenters. The lowest BCUT2D eigenvalue weighted by Gasteiger charge is -2.31. The zero-order valence-electron chi connectivity index (χ0n) is 11.5. The summed E-state index contributed by atoms with van der Waals surface area (Å²) in [5, 5.41) is 3.69. The molecule has 0 saturated carbocycles. The molecule has 1 fully saturated rings. The molecule has 2 aliphatic rings. The van der Waals surface area contributed by atoms with Crippen molar-refractivity contribution < 1.29 is 0 Å². The minimum absolute atomic E-state index is 0.605. The first kappa shape index (κ1) is 12.6. The highest BCUT2D eigenvalue weighted by Gasteiger charge is 2.19. The molecule has 100 valence electrons. The van der Waals surface area contributed by atoms with Crippen LogP contribution in [0.15, 0.2) is 18.2 Å². The van der Waals surface area contributed by atoms with Crippen molar-refractivity contribution in [1.82, 2.24) is 4.90 Å². The second-order valence-electron chi connectivity index (χ2n) is 5.74. The van der Waals surface area contributed by atoms with Crippen LogP contribution in [0.25, 0.3) is 0 Å². The molecular formula is C17H22N2. The maximum Gasteiger partial charge on any atom is 0.0598 e. The Hall–Kier alpha value is -1.46. The molecule has 2 nitrogen and oxygen atoms in total. The van der Waals surface area contributed by atoms with Crippen molar-refractivity contribution in [3.05, 3.63) is 29.3 Å². The zero-order chi connectivity index (χ0) is 13.1. The van der Waals surface area contributed by atoms with Gasteiger partial charge in [-0.15, -0.1) is 6.42 Å². The topological polar surface area (TPSA) is 15.3 Å². The van der Waals surface area contributed by atoms with E-state index in [0.29, 0.717) is 6.04 Å². The molecule has 1 saturated heterocycles. The van der Waals surface area contributed by atoms with Crippen LogP contribution in [0, 0.1) is 12.3 Å². The average Bonchev–Trinajstić information content (AvgIpc) is 2.89. The van der Waals surface area contributed by atoms with E-state index in [1.807, 2.05) is 0 Å². The molecule has 1 aromatic rings. The van der Waals surface area contributed by atoms with Crippen molar-refractivity contribution in [2.75, 3.05) is 25.0 Å². The predicted molar refractivity (Wildman–Crippen MR) is 80.4 cm³/mol. The monoisotopic (exact) mass is 254 g/mol. The zero-order valence-corrected chi connectivity index (χ0v) is 11.5. The minimum atomic E-state index is 0.605. The fourth-order valence-electron chi connectivity index (χ4n) is 3.26. The van der Waals surface area contributed by atoms with Gasteiger partial charge in [-0.1, -0.05) is 12.0 Å². The summed E-state index contributed by atoms with van der Waals surface area (Å²) in [7, 11) is 0. The van der Waals surface area contributed by atoms with Crippen LogP contribution in [-0.2, 0) is 12.8 Å². The molecule has 1 aromatic carbocycles. The smallest absolute Gasteiger partial charge is 0.0598 e. The molecule has 0 atom stereocenters. The highest BCUT2D eigenvalue weighted by atomic mass is 15.1. The molecule has 1 N–H and O–H groups in total. The summed E-state index contributed by atoms with van der Waals surface area (Å²) in [5.41, 5.74) is 4.40. The van der Waals surface area contributed by atoms with E-state index in [1.54, 1.807) is 11.1 Å². The van der Waals surface area contributed by atoms with Gasteiger partial charge in [-0.2, -0.15) is 0 Å². The van der Waals surface area contributed by atoms with Crippen LogP contribution in [0.2, 0.25) is 0 Å². The van der Waals surface area contributed by atoms with Crippen molar-refractivity contribution in [3.63, 3.8) is 0 Å². The van der Waals surface area contributed by atoms with Crippen molar-refractivity contribution in [3.8, 4) is 12.3 Å². The van der Waals surface area contributed by atoms with E-state index in [0.717, 1.165) is 19.6 Å². The van der Waals surface area contributed by atoms with Gasteiger partial charge in [0.05, 0.1) is 6.54 Å². The van der Waals surface area contributed by atoms with Gasteiger partial charge in [-0.25, -0.2) is 0 Å². The first-order valence-corrected chi connectivity index (χ1v) is 7.39. The number of hydrogen-bond acceptors (Lipinski definition) is 2. The van der Waals surface area contributed by atoms with Gasteiger partial charge in [0.15, 0.2) is 0 Å². The van der Waals surface area contributed by atoms with Crippen LogP contribution in [0.1, 0.15) is 30.4 Å². The van der Waals surface area contributed by atoms with Crippen LogP contribution in [0.5, 0.6) is 0 Å². The largest absolute Gasteiger partial charge is 0.382 e. The van der Waals surface area contributed by atoms with Gasteiger partial charge in [-0.3, -0.25) is 4.90 Å². The fourth-order valence-corrected chi connectivity index (χ4v) is 3.26. The van der Waals surface area contributed by atoms with Crippen LogP contribution in [-0.4, -0.2) is 30.6 Å². The molecular weight excluding hydrogens is 232 g/mol. The minimum Gasteiger partial charge on any atom is -0.382 e. The molecule has 0 bridgehead atoms. The number of likely N-dealkylation sites (tertiary alicyclic amines) is 1. The fraction of sp³-hybridized carbons (Fsp3) is 0.529. The second-order valence-corrected chi connectivity index (χ2v) is 5.74. The second kappa shape index (κ2) is 5.67. The Morgan fingerprint density at radius 3 is 2.79 bits per heavy atom. The van der Waals surface area contributed by atoms with Gasteiger partial charge in [0.2, 0.25) is 0 Å². The van der Waals surface area contributed by atoms with E-state index >= 15 is 0 Å². The Bertz CT molecular complexity index is 479. The molecule has 3 rings (SSSR count). The summed E-state index contributed by atoms with van der Waals surface area (Å²) in [5.74, 6) is 2.74. The normalized spacial score (nSPS) is 19.9. The Labute approximate surface area is 116 Å². The molecule has 1 aliphatic carbocycles. The average molecular weight is 254 g/mol. The SMILES string of the molecule is C#CCN1CCC(Nc2ccc3c(c2)CCC3)CC1. The number of piperidine rings is 1. The molecule has 1 aliphatic heterocycles. The standard InChI is InChI=1S/C17H22N2/c1-2-10-19-11-8-16(9-12-19)18-17-7-6-14-4-3-5-15(14)13-17/h1,6-7,13,16,18H,3-5,8-12H2. The maximum absolute atomic E-state index is 5.36. The van der Waals surface area contributed by atoms with Gasteiger partial charge in [0.25, 0.3) is 0 Å². The number of nitrogens with one attached hydrogen (secondary N) is 1. The van der Waals surface area contributed by atoms with E-state index in [2.05, 4.69) is 34.3 Å². The van der Waals surface area contributed by atoms with Gasteiger partial charge in [-0.05, 0) is 55.4 Å². The lowest BCUT2D eigenvalue weighted by molar-refractivity contribution is 0.243. The van der Waals surface area contributed by atoms with E-state index < -0.39 is 0 Å². The Morgan fingerprint density at radius 1 is 1.21 bits per heavy atom. The summed E-state index contributed by atoms with van der Waals surface area (Å²) < 4.78 is 0. The molecule has 0 radical (unpaired) electrons. The quantitative estimate of drug-likeness (QED) is 0.834. The number of hydrogen-bond donors (Lipinski definition) is 1. The van der Waals surface area contributed by atoms with Crippen molar-refractivity contribution in [2.24, 2.45) is 0 Å². The molecule has 1 heterocycles. The summed E-state index contributed by atoms with van der Waals surface area (Å²) >= 11 is 0. The lowest BCUT2D eigenvalue weighted by Crippen LogP contribution is -2.39. The van der Waals surface area contributed by atoms with E-state index in [4.69, 9.17) is 6.42 Å². The highest BCUT2D eigenvalue weighted by Crippen LogP contribution is 2.26. The molecule has 0 amide bonds. The van der Waals surface area contributed by atoms with Crippen LogP contribution < -0.4 is 5.32 Å². The third-order valence-corrected chi connectivity index (χ3v) is 4.37. The predicted octanol–water partition coefficient (Wildman–Crippen LogP) is 2.68. The van der Waals surface area contributed by atoms with E-state index in [-0.39, 0.29) is 0 Å². The molecule has 0 spiro atoms. The number of terminal acetylenes is 1. The molecule has 2 heteroatoms. The molecule has 0 aromatic heterocycles. The number of aryl methyl sites for hydroxylation is 2. The van der Waals surface area contributed by atoms with Crippen molar-refractivity contribution >= 4 is 5.69 Å². The van der Waals surface area contributed by atoms with Crippen LogP contribution in [0.3, 0.4) is 0 Å². The van der Waals surface area contributed by atoms with Gasteiger partial charge < -0.3 is 5.32 Å². The Morgan fingerprint density at radius 2 is 2.00 bits per heavy atom. The van der Waals surface area contributed by atoms with Crippen molar-refractivity contribution in [2.45, 2.75) is 38.1 Å². The summed E-state index contributed by atoms with van der Waals surface area (Å²) in [6, 6.07) is 7.51. The molecule has 19 heavy (non-hydrogen) atoms. The number of fused-ring (bicyclic) bond motifs is 1. The lowest BCUT2D eigenvalue weighted by atomic mass is 10.0. The number of benzene rings is 1. The number of nitrogens with zero attached hydrogens (tertiary/aromatic N) is 1. The third kappa shape index (κ3) is 2.93. The van der Waals surface area contributed by atoms with Crippen LogP contribution in [0.4, 0.5) is 5.69 Å². The van der Waals surface area contributed by atoms with Gasteiger partial charge in [0.1, 0.15) is 0 Å². The highest BCUT2D eigenvalue weighted by molar-refractivity contribution is 5.50. The summed E-state index contributed by atoms with van der Waals surface area (Å²) in [6.07, 6.45) is 11.6. The Kier molecular flexibility index (Phi) is 3.75. The number of anilines is 1. The van der Waals surface area contributed by atoms with E-state index in [9.17, 15) is 0 Å². The summed E-state index contributed by atoms with van der Waals surface area (Å²) in [4.78, 5) is 2.36. The maximum atomic E-state index is 5.36. The Balaban J connectivity index is 1.56. The van der Waals surface area contributed by atoms with Crippen molar-refractivity contribution in [1.29, 1.82) is 0 Å². The van der Waals surface area contributed by atoms with E-state index in [1.165, 1.54) is 37.8 Å². The summed E-state index contributed by atoms with van der Waals surface area (Å²) in [6.45, 7) is 3.03. The third-order valence-electron chi connectivity index (χ3n) is 4.37. The van der Waals surface area contributed by atoms with Crippen LogP contribution >= 0.6 is 0 Å². The first-order chi connectivity index (χ1) is 9.35. The number of rotatable bonds is 3. The van der Waals surface area contributed by atoms with Gasteiger partial charge in [0, 0.05) is 24.8 Å².